The molecule has 1 N–H and O–H groups in total. The van der Waals surface area contributed by atoms with E-state index >= 15 is 0 Å². The highest BCUT2D eigenvalue weighted by Crippen LogP contribution is 2.21. The zero-order valence-electron chi connectivity index (χ0n) is 11.4. The fourth-order valence-corrected chi connectivity index (χ4v) is 2.74. The summed E-state index contributed by atoms with van der Waals surface area (Å²) < 4.78 is 3.07. The van der Waals surface area contributed by atoms with Crippen molar-refractivity contribution in [2.45, 2.75) is 26.3 Å². The van der Waals surface area contributed by atoms with E-state index in [4.69, 9.17) is 0 Å². The van der Waals surface area contributed by atoms with E-state index in [1.807, 2.05) is 30.1 Å². The van der Waals surface area contributed by atoms with Crippen LogP contribution in [0.2, 0.25) is 0 Å². The number of aromatic nitrogens is 3. The summed E-state index contributed by atoms with van der Waals surface area (Å²) in [7, 11) is 1.99. The Morgan fingerprint density at radius 1 is 1.37 bits per heavy atom. The van der Waals surface area contributed by atoms with Crippen LogP contribution in [-0.2, 0) is 26.4 Å². The van der Waals surface area contributed by atoms with Gasteiger partial charge in [-0.1, -0.05) is 13.0 Å². The maximum Gasteiger partial charge on any atom is 0.0767 e. The van der Waals surface area contributed by atoms with Crippen molar-refractivity contribution >= 4 is 15.9 Å². The van der Waals surface area contributed by atoms with E-state index in [1.165, 1.54) is 5.69 Å². The molecule has 0 saturated heterocycles. The Morgan fingerprint density at radius 2 is 2.21 bits per heavy atom. The molecule has 2 aromatic heterocycles. The molecule has 0 aliphatic carbocycles. The zero-order chi connectivity index (χ0) is 13.7. The number of aryl methyl sites for hydroxylation is 2. The molecule has 0 atom stereocenters. The van der Waals surface area contributed by atoms with E-state index in [9.17, 15) is 0 Å². The maximum atomic E-state index is 4.48. The second-order valence-electron chi connectivity index (χ2n) is 4.43. The van der Waals surface area contributed by atoms with Crippen LogP contribution in [0.3, 0.4) is 0 Å². The molecule has 5 heteroatoms. The van der Waals surface area contributed by atoms with Crippen molar-refractivity contribution in [1.29, 1.82) is 0 Å². The Bertz CT molecular complexity index is 522. The van der Waals surface area contributed by atoms with E-state index in [2.05, 4.69) is 44.3 Å². The molecule has 0 radical (unpaired) electrons. The summed E-state index contributed by atoms with van der Waals surface area (Å²) in [4.78, 5) is 4.31. The van der Waals surface area contributed by atoms with Gasteiger partial charge in [0.15, 0.2) is 0 Å². The molecular formula is C14H19BrN4. The van der Waals surface area contributed by atoms with Crippen LogP contribution in [0.4, 0.5) is 0 Å². The number of rotatable bonds is 6. The molecule has 0 aliphatic heterocycles. The van der Waals surface area contributed by atoms with Gasteiger partial charge in [0.05, 0.1) is 15.9 Å². The van der Waals surface area contributed by atoms with Gasteiger partial charge in [0, 0.05) is 38.4 Å². The van der Waals surface area contributed by atoms with Crippen molar-refractivity contribution in [3.8, 4) is 0 Å². The van der Waals surface area contributed by atoms with Crippen LogP contribution in [0.1, 0.15) is 24.0 Å². The van der Waals surface area contributed by atoms with E-state index in [-0.39, 0.29) is 0 Å². The van der Waals surface area contributed by atoms with Gasteiger partial charge in [-0.15, -0.1) is 0 Å². The van der Waals surface area contributed by atoms with E-state index < -0.39 is 0 Å². The van der Waals surface area contributed by atoms with Crippen molar-refractivity contribution in [1.82, 2.24) is 20.1 Å². The second kappa shape index (κ2) is 6.82. The van der Waals surface area contributed by atoms with Crippen LogP contribution in [0.5, 0.6) is 0 Å². The van der Waals surface area contributed by atoms with Gasteiger partial charge >= 0.3 is 0 Å². The lowest BCUT2D eigenvalue weighted by Crippen LogP contribution is -2.19. The highest BCUT2D eigenvalue weighted by molar-refractivity contribution is 9.10. The van der Waals surface area contributed by atoms with Crippen molar-refractivity contribution in [3.05, 3.63) is 46.0 Å². The van der Waals surface area contributed by atoms with Gasteiger partial charge in [0.2, 0.25) is 0 Å². The molecule has 2 heterocycles. The van der Waals surface area contributed by atoms with Crippen LogP contribution < -0.4 is 5.32 Å². The fraction of sp³-hybridized carbons (Fsp3) is 0.429. The predicted molar refractivity (Wildman–Crippen MR) is 79.9 cm³/mol. The molecule has 0 bridgehead atoms. The zero-order valence-corrected chi connectivity index (χ0v) is 12.9. The quantitative estimate of drug-likeness (QED) is 0.831. The molecule has 2 aromatic rings. The smallest absolute Gasteiger partial charge is 0.0767 e. The number of hydrogen-bond acceptors (Lipinski definition) is 3. The van der Waals surface area contributed by atoms with Crippen LogP contribution in [0, 0.1) is 0 Å². The summed E-state index contributed by atoms with van der Waals surface area (Å²) in [6.45, 7) is 3.85. The Hall–Kier alpha value is -1.20. The lowest BCUT2D eigenvalue weighted by Gasteiger charge is -2.05. The van der Waals surface area contributed by atoms with Gasteiger partial charge in [-0.2, -0.15) is 5.10 Å². The molecule has 19 heavy (non-hydrogen) atoms. The average molecular weight is 323 g/mol. The monoisotopic (exact) mass is 322 g/mol. The Labute approximate surface area is 122 Å². The van der Waals surface area contributed by atoms with E-state index in [0.29, 0.717) is 0 Å². The molecule has 0 fully saturated rings. The van der Waals surface area contributed by atoms with Crippen LogP contribution in [-0.4, -0.2) is 21.3 Å². The minimum Gasteiger partial charge on any atom is -0.311 e. The van der Waals surface area contributed by atoms with E-state index in [0.717, 1.165) is 41.8 Å². The number of nitrogens with one attached hydrogen (secondary N) is 1. The molecule has 0 amide bonds. The minimum absolute atomic E-state index is 0.816. The lowest BCUT2D eigenvalue weighted by atomic mass is 10.2. The van der Waals surface area contributed by atoms with E-state index in [1.54, 1.807) is 0 Å². The van der Waals surface area contributed by atoms with Gasteiger partial charge in [-0.05, 0) is 34.5 Å². The summed E-state index contributed by atoms with van der Waals surface area (Å²) in [5.41, 5.74) is 3.43. The van der Waals surface area contributed by atoms with Crippen LogP contribution in [0.15, 0.2) is 28.9 Å². The second-order valence-corrected chi connectivity index (χ2v) is 5.23. The number of nitrogens with zero attached hydrogens (tertiary/aromatic N) is 3. The summed E-state index contributed by atoms with van der Waals surface area (Å²) in [6.07, 6.45) is 3.72. The topological polar surface area (TPSA) is 42.7 Å². The third-order valence-electron chi connectivity index (χ3n) is 3.08. The molecule has 0 saturated carbocycles. The van der Waals surface area contributed by atoms with Gasteiger partial charge in [0.1, 0.15) is 0 Å². The van der Waals surface area contributed by atoms with Crippen molar-refractivity contribution in [3.63, 3.8) is 0 Å². The Morgan fingerprint density at radius 3 is 2.84 bits per heavy atom. The lowest BCUT2D eigenvalue weighted by molar-refractivity contribution is 0.619. The highest BCUT2D eigenvalue weighted by Gasteiger charge is 2.11. The minimum atomic E-state index is 0.816. The highest BCUT2D eigenvalue weighted by atomic mass is 79.9. The maximum absolute atomic E-state index is 4.48. The first-order valence-corrected chi connectivity index (χ1v) is 7.32. The van der Waals surface area contributed by atoms with Crippen LogP contribution in [0.25, 0.3) is 0 Å². The summed E-state index contributed by atoms with van der Waals surface area (Å²) in [5, 5.41) is 7.92. The molecular weight excluding hydrogens is 304 g/mol. The van der Waals surface area contributed by atoms with Crippen molar-refractivity contribution < 1.29 is 0 Å². The number of hydrogen-bond donors (Lipinski definition) is 1. The van der Waals surface area contributed by atoms with Crippen molar-refractivity contribution in [2.75, 3.05) is 6.54 Å². The Kier molecular flexibility index (Phi) is 5.10. The molecule has 2 rings (SSSR count). The predicted octanol–water partition coefficient (Wildman–Crippen LogP) is 2.47. The normalized spacial score (nSPS) is 10.9. The third kappa shape index (κ3) is 3.64. The third-order valence-corrected chi connectivity index (χ3v) is 3.99. The average Bonchev–Trinajstić information content (AvgIpc) is 2.71. The van der Waals surface area contributed by atoms with Crippen molar-refractivity contribution in [2.24, 2.45) is 7.05 Å². The molecule has 0 aromatic carbocycles. The Balaban J connectivity index is 1.85. The van der Waals surface area contributed by atoms with Crippen LogP contribution >= 0.6 is 15.9 Å². The molecule has 0 aliphatic rings. The first-order chi connectivity index (χ1) is 9.22. The molecule has 4 nitrogen and oxygen atoms in total. The SMILES string of the molecule is CCc1nn(C)c(CNCCc2ccccn2)c1Br. The summed E-state index contributed by atoms with van der Waals surface area (Å²) in [6, 6.07) is 6.01. The standard InChI is InChI=1S/C14H19BrN4/c1-3-12-14(15)13(19(2)18-12)10-16-9-7-11-6-4-5-8-17-11/h4-6,8,16H,3,7,9-10H2,1-2H3. The van der Waals surface area contributed by atoms with Gasteiger partial charge in [-0.25, -0.2) is 0 Å². The molecule has 0 spiro atoms. The summed E-state index contributed by atoms with van der Waals surface area (Å²) in [5.74, 6) is 0. The molecule has 102 valence electrons. The first-order valence-electron chi connectivity index (χ1n) is 6.53. The largest absolute Gasteiger partial charge is 0.311 e. The summed E-state index contributed by atoms with van der Waals surface area (Å²) >= 11 is 3.62. The first kappa shape index (κ1) is 14.2. The number of pyridine rings is 1. The fourth-order valence-electron chi connectivity index (χ4n) is 1.98. The molecule has 0 unspecified atom stereocenters. The van der Waals surface area contributed by atoms with Gasteiger partial charge in [-0.3, -0.25) is 9.67 Å². The van der Waals surface area contributed by atoms with Gasteiger partial charge in [0.25, 0.3) is 0 Å². The number of halogens is 1. The van der Waals surface area contributed by atoms with Gasteiger partial charge < -0.3 is 5.32 Å².